The van der Waals surface area contributed by atoms with Gasteiger partial charge in [-0.25, -0.2) is 0 Å². The molecule has 1 aliphatic rings. The van der Waals surface area contributed by atoms with Crippen LogP contribution in [0.5, 0.6) is 0 Å². The van der Waals surface area contributed by atoms with Crippen molar-refractivity contribution in [2.45, 2.75) is 44.8 Å². The minimum Gasteiger partial charge on any atom is -0.378 e. The zero-order chi connectivity index (χ0) is 15.1. The van der Waals surface area contributed by atoms with Crippen molar-refractivity contribution in [2.24, 2.45) is 11.7 Å². The van der Waals surface area contributed by atoms with E-state index in [1.54, 1.807) is 0 Å². The zero-order valence-corrected chi connectivity index (χ0v) is 12.8. The predicted molar refractivity (Wildman–Crippen MR) is 83.8 cm³/mol. The summed E-state index contributed by atoms with van der Waals surface area (Å²) < 4.78 is 5.63. The molecular formula is C17H26N2O2. The van der Waals surface area contributed by atoms with Crippen molar-refractivity contribution in [3.05, 3.63) is 35.9 Å². The number of rotatable bonds is 7. The highest BCUT2D eigenvalue weighted by atomic mass is 16.5. The molecule has 1 aromatic rings. The Morgan fingerprint density at radius 2 is 2.19 bits per heavy atom. The fourth-order valence-electron chi connectivity index (χ4n) is 2.86. The van der Waals surface area contributed by atoms with Crippen molar-refractivity contribution in [3.63, 3.8) is 0 Å². The minimum absolute atomic E-state index is 0.0739. The number of benzene rings is 1. The van der Waals surface area contributed by atoms with Gasteiger partial charge in [0.05, 0.1) is 6.10 Å². The number of carbonyl (C=O) groups is 1. The molecule has 3 atom stereocenters. The van der Waals surface area contributed by atoms with E-state index in [0.29, 0.717) is 24.9 Å². The second kappa shape index (κ2) is 8.15. The normalized spacial score (nSPS) is 23.0. The molecule has 3 unspecified atom stereocenters. The van der Waals surface area contributed by atoms with Gasteiger partial charge in [0, 0.05) is 31.5 Å². The maximum absolute atomic E-state index is 11.9. The summed E-state index contributed by atoms with van der Waals surface area (Å²) in [5.41, 5.74) is 7.19. The third kappa shape index (κ3) is 4.83. The maximum atomic E-state index is 11.9. The van der Waals surface area contributed by atoms with E-state index in [2.05, 4.69) is 12.2 Å². The third-order valence-electron chi connectivity index (χ3n) is 4.22. The first-order valence-corrected chi connectivity index (χ1v) is 7.89. The van der Waals surface area contributed by atoms with Gasteiger partial charge in [-0.2, -0.15) is 0 Å². The lowest BCUT2D eigenvalue weighted by Crippen LogP contribution is -2.33. The monoisotopic (exact) mass is 290 g/mol. The first-order valence-electron chi connectivity index (χ1n) is 7.89. The van der Waals surface area contributed by atoms with Crippen molar-refractivity contribution >= 4 is 5.91 Å². The molecule has 1 amide bonds. The van der Waals surface area contributed by atoms with Gasteiger partial charge in [-0.05, 0) is 24.8 Å². The molecule has 0 bridgehead atoms. The van der Waals surface area contributed by atoms with Crippen molar-refractivity contribution in [1.82, 2.24) is 5.32 Å². The summed E-state index contributed by atoms with van der Waals surface area (Å²) >= 11 is 0. The second-order valence-corrected chi connectivity index (χ2v) is 5.73. The molecule has 0 aliphatic carbocycles. The fourth-order valence-corrected chi connectivity index (χ4v) is 2.86. The highest BCUT2D eigenvalue weighted by molar-refractivity contribution is 5.75. The third-order valence-corrected chi connectivity index (χ3v) is 4.22. The lowest BCUT2D eigenvalue weighted by Gasteiger charge is -2.17. The van der Waals surface area contributed by atoms with Gasteiger partial charge in [0.2, 0.25) is 5.91 Å². The summed E-state index contributed by atoms with van der Waals surface area (Å²) in [6.45, 7) is 3.67. The largest absolute Gasteiger partial charge is 0.378 e. The van der Waals surface area contributed by atoms with Gasteiger partial charge >= 0.3 is 0 Å². The van der Waals surface area contributed by atoms with Crippen LogP contribution in [-0.2, 0) is 9.53 Å². The van der Waals surface area contributed by atoms with Crippen LogP contribution in [0, 0.1) is 5.92 Å². The van der Waals surface area contributed by atoms with Crippen molar-refractivity contribution in [3.8, 4) is 0 Å². The van der Waals surface area contributed by atoms with Crippen LogP contribution >= 0.6 is 0 Å². The molecule has 116 valence electrons. The summed E-state index contributed by atoms with van der Waals surface area (Å²) in [6, 6.07) is 9.85. The topological polar surface area (TPSA) is 64.3 Å². The van der Waals surface area contributed by atoms with Gasteiger partial charge in [-0.15, -0.1) is 0 Å². The number of nitrogens with two attached hydrogens (primary N) is 1. The molecule has 4 heteroatoms. The van der Waals surface area contributed by atoms with E-state index in [4.69, 9.17) is 10.5 Å². The van der Waals surface area contributed by atoms with Crippen LogP contribution in [0.4, 0.5) is 0 Å². The Labute approximate surface area is 127 Å². The highest BCUT2D eigenvalue weighted by Crippen LogP contribution is 2.22. The first kappa shape index (κ1) is 16.0. The van der Waals surface area contributed by atoms with Crippen LogP contribution in [0.2, 0.25) is 0 Å². The molecule has 0 spiro atoms. The van der Waals surface area contributed by atoms with Gasteiger partial charge in [-0.3, -0.25) is 4.79 Å². The molecule has 2 rings (SSSR count). The van der Waals surface area contributed by atoms with Gasteiger partial charge < -0.3 is 15.8 Å². The SMILES string of the molecule is CCC1OCCC1CNC(=O)CCC(N)c1ccccc1. The molecule has 1 aliphatic heterocycles. The van der Waals surface area contributed by atoms with Gasteiger partial charge in [-0.1, -0.05) is 37.3 Å². The Hall–Kier alpha value is -1.39. The summed E-state index contributed by atoms with van der Waals surface area (Å²) in [4.78, 5) is 11.9. The van der Waals surface area contributed by atoms with E-state index in [0.717, 1.165) is 31.6 Å². The van der Waals surface area contributed by atoms with Crippen LogP contribution in [0.3, 0.4) is 0 Å². The molecule has 0 aromatic heterocycles. The van der Waals surface area contributed by atoms with Crippen molar-refractivity contribution in [1.29, 1.82) is 0 Å². The molecule has 0 radical (unpaired) electrons. The summed E-state index contributed by atoms with van der Waals surface area (Å²) in [5, 5.41) is 3.02. The molecule has 21 heavy (non-hydrogen) atoms. The van der Waals surface area contributed by atoms with Crippen LogP contribution in [0.25, 0.3) is 0 Å². The van der Waals surface area contributed by atoms with Crippen LogP contribution in [-0.4, -0.2) is 25.2 Å². The molecule has 1 saturated heterocycles. The van der Waals surface area contributed by atoms with E-state index < -0.39 is 0 Å². The first-order chi connectivity index (χ1) is 10.2. The average Bonchev–Trinajstić information content (AvgIpc) is 2.99. The second-order valence-electron chi connectivity index (χ2n) is 5.73. The van der Waals surface area contributed by atoms with Crippen LogP contribution in [0.15, 0.2) is 30.3 Å². The highest BCUT2D eigenvalue weighted by Gasteiger charge is 2.26. The number of carbonyl (C=O) groups excluding carboxylic acids is 1. The Morgan fingerprint density at radius 3 is 2.90 bits per heavy atom. The molecular weight excluding hydrogens is 264 g/mol. The van der Waals surface area contributed by atoms with E-state index in [-0.39, 0.29) is 11.9 Å². The number of ether oxygens (including phenoxy) is 1. The molecule has 1 heterocycles. The minimum atomic E-state index is -0.0739. The van der Waals surface area contributed by atoms with Gasteiger partial charge in [0.15, 0.2) is 0 Å². The molecule has 3 N–H and O–H groups in total. The smallest absolute Gasteiger partial charge is 0.220 e. The Balaban J connectivity index is 1.68. The molecule has 1 fully saturated rings. The number of hydrogen-bond acceptors (Lipinski definition) is 3. The molecule has 4 nitrogen and oxygen atoms in total. The van der Waals surface area contributed by atoms with E-state index in [1.807, 2.05) is 30.3 Å². The number of amides is 1. The molecule has 0 saturated carbocycles. The Bertz CT molecular complexity index is 436. The van der Waals surface area contributed by atoms with E-state index in [9.17, 15) is 4.79 Å². The molecule has 1 aromatic carbocycles. The number of nitrogens with one attached hydrogen (secondary N) is 1. The maximum Gasteiger partial charge on any atom is 0.220 e. The van der Waals surface area contributed by atoms with Crippen molar-refractivity contribution in [2.75, 3.05) is 13.2 Å². The van der Waals surface area contributed by atoms with E-state index >= 15 is 0 Å². The summed E-state index contributed by atoms with van der Waals surface area (Å²) in [7, 11) is 0. The van der Waals surface area contributed by atoms with Crippen LogP contribution < -0.4 is 11.1 Å². The van der Waals surface area contributed by atoms with Gasteiger partial charge in [0.1, 0.15) is 0 Å². The van der Waals surface area contributed by atoms with Gasteiger partial charge in [0.25, 0.3) is 0 Å². The Kier molecular flexibility index (Phi) is 6.21. The fraction of sp³-hybridized carbons (Fsp3) is 0.588. The van der Waals surface area contributed by atoms with Crippen molar-refractivity contribution < 1.29 is 9.53 Å². The van der Waals surface area contributed by atoms with Crippen LogP contribution in [0.1, 0.15) is 44.2 Å². The average molecular weight is 290 g/mol. The predicted octanol–water partition coefficient (Wildman–Crippen LogP) is 2.40. The zero-order valence-electron chi connectivity index (χ0n) is 12.8. The Morgan fingerprint density at radius 1 is 1.43 bits per heavy atom. The lowest BCUT2D eigenvalue weighted by atomic mass is 9.99. The number of hydrogen-bond donors (Lipinski definition) is 2. The quantitative estimate of drug-likeness (QED) is 0.810. The summed E-state index contributed by atoms with van der Waals surface area (Å²) in [6.07, 6.45) is 3.51. The lowest BCUT2D eigenvalue weighted by molar-refractivity contribution is -0.121. The summed E-state index contributed by atoms with van der Waals surface area (Å²) in [5.74, 6) is 0.546. The standard InChI is InChI=1S/C17H26N2O2/c1-2-16-14(10-11-21-16)12-19-17(20)9-8-15(18)13-6-4-3-5-7-13/h3-7,14-16H,2,8-12,18H2,1H3,(H,19,20). The van der Waals surface area contributed by atoms with E-state index in [1.165, 1.54) is 0 Å².